The lowest BCUT2D eigenvalue weighted by atomic mass is 10.2. The van der Waals surface area contributed by atoms with Crippen LogP contribution in [0.25, 0.3) is 10.9 Å². The van der Waals surface area contributed by atoms with Crippen molar-refractivity contribution in [1.82, 2.24) is 9.66 Å². The van der Waals surface area contributed by atoms with Gasteiger partial charge < -0.3 is 9.47 Å². The van der Waals surface area contributed by atoms with Crippen LogP contribution in [0.4, 0.5) is 0 Å². The summed E-state index contributed by atoms with van der Waals surface area (Å²) < 4.78 is 14.3. The first-order valence-electron chi connectivity index (χ1n) is 9.44. The van der Waals surface area contributed by atoms with Crippen molar-refractivity contribution in [2.75, 3.05) is 13.2 Å². The zero-order valence-electron chi connectivity index (χ0n) is 16.7. The van der Waals surface area contributed by atoms with Crippen LogP contribution in [0, 0.1) is 0 Å². The lowest BCUT2D eigenvalue weighted by Crippen LogP contribution is -2.22. The fourth-order valence-electron chi connectivity index (χ4n) is 2.87. The number of halogens is 2. The van der Waals surface area contributed by atoms with E-state index in [0.717, 1.165) is 14.5 Å². The van der Waals surface area contributed by atoms with Crippen molar-refractivity contribution >= 4 is 49.0 Å². The number of aryl methyl sites for hydroxylation is 1. The second kappa shape index (κ2) is 10.0. The highest BCUT2D eigenvalue weighted by atomic mass is 79.9. The van der Waals surface area contributed by atoms with Gasteiger partial charge in [-0.25, -0.2) is 4.98 Å². The maximum Gasteiger partial charge on any atom is 0.282 e. The summed E-state index contributed by atoms with van der Waals surface area (Å²) in [6.45, 7) is 8.36. The van der Waals surface area contributed by atoms with E-state index in [1.54, 1.807) is 18.4 Å². The van der Waals surface area contributed by atoms with Crippen LogP contribution in [0.5, 0.6) is 11.5 Å². The van der Waals surface area contributed by atoms with Gasteiger partial charge in [-0.3, -0.25) is 4.79 Å². The zero-order valence-corrected chi connectivity index (χ0v) is 19.9. The molecule has 0 saturated carbocycles. The number of rotatable bonds is 8. The van der Waals surface area contributed by atoms with Gasteiger partial charge in [-0.15, -0.1) is 0 Å². The molecule has 3 aromatic rings. The van der Waals surface area contributed by atoms with Gasteiger partial charge in [0.25, 0.3) is 5.56 Å². The Kier molecular flexibility index (Phi) is 7.44. The SMILES string of the molecule is C=CCOc1c(Br)cc(C=Nn2c(CC)nc3ccc(Br)cc3c2=O)cc1OCC. The molecule has 0 radical (unpaired) electrons. The normalized spacial score (nSPS) is 11.2. The number of aromatic nitrogens is 2. The first kappa shape index (κ1) is 22.2. The molecule has 30 heavy (non-hydrogen) atoms. The van der Waals surface area contributed by atoms with Crippen LogP contribution in [0.2, 0.25) is 0 Å². The van der Waals surface area contributed by atoms with Gasteiger partial charge in [0.05, 0.1) is 28.2 Å². The Morgan fingerprint density at radius 1 is 1.20 bits per heavy atom. The monoisotopic (exact) mass is 533 g/mol. The first-order chi connectivity index (χ1) is 14.5. The van der Waals surface area contributed by atoms with E-state index < -0.39 is 0 Å². The highest BCUT2D eigenvalue weighted by Crippen LogP contribution is 2.36. The molecule has 0 fully saturated rings. The van der Waals surface area contributed by atoms with Crippen LogP contribution in [0.1, 0.15) is 25.2 Å². The second-order valence-corrected chi connectivity index (χ2v) is 8.04. The van der Waals surface area contributed by atoms with Crippen molar-refractivity contribution in [2.24, 2.45) is 5.10 Å². The van der Waals surface area contributed by atoms with Gasteiger partial charge >= 0.3 is 0 Å². The zero-order chi connectivity index (χ0) is 21.7. The number of nitrogens with zero attached hydrogens (tertiary/aromatic N) is 3. The molecule has 0 saturated heterocycles. The maximum atomic E-state index is 13.0. The molecule has 0 aliphatic carbocycles. The van der Waals surface area contributed by atoms with E-state index in [4.69, 9.17) is 9.47 Å². The lowest BCUT2D eigenvalue weighted by molar-refractivity contribution is 0.295. The molecule has 2 aromatic carbocycles. The highest BCUT2D eigenvalue weighted by molar-refractivity contribution is 9.10. The van der Waals surface area contributed by atoms with E-state index in [0.29, 0.717) is 47.9 Å². The summed E-state index contributed by atoms with van der Waals surface area (Å²) in [6.07, 6.45) is 3.85. The van der Waals surface area contributed by atoms with Gasteiger partial charge in [0.1, 0.15) is 12.4 Å². The minimum Gasteiger partial charge on any atom is -0.490 e. The summed E-state index contributed by atoms with van der Waals surface area (Å²) >= 11 is 6.93. The van der Waals surface area contributed by atoms with E-state index >= 15 is 0 Å². The Labute approximate surface area is 191 Å². The Hall–Kier alpha value is -2.45. The van der Waals surface area contributed by atoms with Gasteiger partial charge in [-0.05, 0) is 58.7 Å². The minimum absolute atomic E-state index is 0.218. The molecule has 0 atom stereocenters. The van der Waals surface area contributed by atoms with Crippen molar-refractivity contribution in [3.8, 4) is 11.5 Å². The average Bonchev–Trinajstić information content (AvgIpc) is 2.73. The van der Waals surface area contributed by atoms with Crippen LogP contribution >= 0.6 is 31.9 Å². The molecule has 3 rings (SSSR count). The largest absolute Gasteiger partial charge is 0.490 e. The number of ether oxygens (including phenoxy) is 2. The molecule has 0 amide bonds. The quantitative estimate of drug-likeness (QED) is 0.289. The highest BCUT2D eigenvalue weighted by Gasteiger charge is 2.13. The van der Waals surface area contributed by atoms with Crippen molar-refractivity contribution in [2.45, 2.75) is 20.3 Å². The maximum absolute atomic E-state index is 13.0. The van der Waals surface area contributed by atoms with Gasteiger partial charge in [0.2, 0.25) is 0 Å². The number of hydrogen-bond donors (Lipinski definition) is 0. The average molecular weight is 535 g/mol. The summed E-state index contributed by atoms with van der Waals surface area (Å²) in [6, 6.07) is 9.11. The first-order valence-corrected chi connectivity index (χ1v) is 11.0. The predicted octanol–water partition coefficient (Wildman–Crippen LogP) is 5.33. The predicted molar refractivity (Wildman–Crippen MR) is 127 cm³/mol. The van der Waals surface area contributed by atoms with E-state index in [-0.39, 0.29) is 5.56 Å². The molecule has 1 aromatic heterocycles. The molecule has 0 aliphatic heterocycles. The van der Waals surface area contributed by atoms with E-state index in [1.165, 1.54) is 4.68 Å². The molecule has 8 heteroatoms. The van der Waals surface area contributed by atoms with Crippen molar-refractivity contribution in [3.05, 3.63) is 73.7 Å². The molecular formula is C22H21Br2N3O3. The van der Waals surface area contributed by atoms with Crippen LogP contribution in [0.3, 0.4) is 0 Å². The van der Waals surface area contributed by atoms with Gasteiger partial charge in [0.15, 0.2) is 11.5 Å². The van der Waals surface area contributed by atoms with Crippen molar-refractivity contribution < 1.29 is 9.47 Å². The molecule has 0 unspecified atom stereocenters. The molecule has 0 spiro atoms. The summed E-state index contributed by atoms with van der Waals surface area (Å²) in [5, 5.41) is 4.93. The minimum atomic E-state index is -0.218. The molecule has 0 aliphatic rings. The number of hydrogen-bond acceptors (Lipinski definition) is 5. The Morgan fingerprint density at radius 2 is 2.00 bits per heavy atom. The fraction of sp³-hybridized carbons (Fsp3) is 0.227. The summed E-state index contributed by atoms with van der Waals surface area (Å²) in [5.41, 5.74) is 1.18. The second-order valence-electron chi connectivity index (χ2n) is 6.27. The van der Waals surface area contributed by atoms with Crippen molar-refractivity contribution in [1.29, 1.82) is 0 Å². The molecular weight excluding hydrogens is 514 g/mol. The summed E-state index contributed by atoms with van der Waals surface area (Å²) in [4.78, 5) is 17.6. The van der Waals surface area contributed by atoms with Gasteiger partial charge in [-0.2, -0.15) is 9.78 Å². The van der Waals surface area contributed by atoms with Crippen LogP contribution in [-0.4, -0.2) is 29.1 Å². The summed E-state index contributed by atoms with van der Waals surface area (Å²) in [5.74, 6) is 1.76. The molecule has 0 bridgehead atoms. The smallest absolute Gasteiger partial charge is 0.282 e. The molecule has 156 valence electrons. The van der Waals surface area contributed by atoms with E-state index in [9.17, 15) is 4.79 Å². The molecule has 0 N–H and O–H groups in total. The lowest BCUT2D eigenvalue weighted by Gasteiger charge is -2.13. The fourth-order valence-corrected chi connectivity index (χ4v) is 3.81. The third-order valence-electron chi connectivity index (χ3n) is 4.19. The summed E-state index contributed by atoms with van der Waals surface area (Å²) in [7, 11) is 0. The molecule has 1 heterocycles. The number of fused-ring (bicyclic) bond motifs is 1. The van der Waals surface area contributed by atoms with Gasteiger partial charge in [0, 0.05) is 10.9 Å². The third kappa shape index (κ3) is 4.82. The standard InChI is InChI=1S/C22H21Br2N3O3/c1-4-9-30-21-17(24)10-14(11-19(21)29-6-3)13-25-27-20(5-2)26-18-8-7-15(23)12-16(18)22(27)28/h4,7-8,10-13H,1,5-6,9H2,2-3H3. The Balaban J connectivity index is 2.06. The van der Waals surface area contributed by atoms with E-state index in [2.05, 4.69) is 48.5 Å². The molecule has 6 nitrogen and oxygen atoms in total. The Bertz CT molecular complexity index is 1170. The topological polar surface area (TPSA) is 65.7 Å². The third-order valence-corrected chi connectivity index (χ3v) is 5.27. The van der Waals surface area contributed by atoms with Crippen LogP contribution in [-0.2, 0) is 6.42 Å². The Morgan fingerprint density at radius 3 is 2.70 bits per heavy atom. The van der Waals surface area contributed by atoms with Crippen LogP contribution < -0.4 is 15.0 Å². The van der Waals surface area contributed by atoms with E-state index in [1.807, 2.05) is 38.1 Å². The number of benzene rings is 2. The van der Waals surface area contributed by atoms with Crippen LogP contribution in [0.15, 0.2) is 61.8 Å². The van der Waals surface area contributed by atoms with Crippen molar-refractivity contribution in [3.63, 3.8) is 0 Å². The van der Waals surface area contributed by atoms with Gasteiger partial charge in [-0.1, -0.05) is 35.5 Å².